The van der Waals surface area contributed by atoms with E-state index in [2.05, 4.69) is 16.4 Å². The first-order valence-electron chi connectivity index (χ1n) is 8.37. The van der Waals surface area contributed by atoms with Crippen LogP contribution in [0, 0.1) is 11.3 Å². The number of rotatable bonds is 7. The van der Waals surface area contributed by atoms with Gasteiger partial charge in [0.1, 0.15) is 33.9 Å². The molecule has 0 saturated carbocycles. The Bertz CT molecular complexity index is 1040. The van der Waals surface area contributed by atoms with Crippen LogP contribution in [0.3, 0.4) is 0 Å². The van der Waals surface area contributed by atoms with E-state index in [1.54, 1.807) is 45.7 Å². The van der Waals surface area contributed by atoms with E-state index >= 15 is 0 Å². The van der Waals surface area contributed by atoms with Crippen molar-refractivity contribution in [1.82, 2.24) is 4.98 Å². The van der Waals surface area contributed by atoms with Crippen molar-refractivity contribution in [3.05, 3.63) is 59.1 Å². The molecule has 0 amide bonds. The minimum atomic E-state index is 0.420. The van der Waals surface area contributed by atoms with E-state index < -0.39 is 0 Å². The Balaban J connectivity index is 1.86. The molecule has 1 N–H and O–H groups in total. The number of thiazole rings is 1. The highest BCUT2D eigenvalue weighted by molar-refractivity contribution is 7.11. The maximum Gasteiger partial charge on any atom is 0.142 e. The molecule has 0 unspecified atom stereocenters. The van der Waals surface area contributed by atoms with Crippen molar-refractivity contribution < 1.29 is 14.2 Å². The van der Waals surface area contributed by atoms with Crippen LogP contribution >= 0.6 is 11.3 Å². The average Bonchev–Trinajstić information content (AvgIpc) is 3.24. The van der Waals surface area contributed by atoms with Gasteiger partial charge in [0.2, 0.25) is 0 Å². The number of nitrogens with one attached hydrogen (secondary N) is 1. The molecule has 0 saturated heterocycles. The van der Waals surface area contributed by atoms with Crippen molar-refractivity contribution in [3.8, 4) is 34.6 Å². The van der Waals surface area contributed by atoms with Crippen LogP contribution in [0.4, 0.5) is 5.69 Å². The quantitative estimate of drug-likeness (QED) is 0.581. The molecule has 0 aliphatic heterocycles. The lowest BCUT2D eigenvalue weighted by Gasteiger charge is -2.10. The first-order valence-corrected chi connectivity index (χ1v) is 9.25. The van der Waals surface area contributed by atoms with Crippen LogP contribution < -0.4 is 19.5 Å². The zero-order valence-corrected chi connectivity index (χ0v) is 16.5. The summed E-state index contributed by atoms with van der Waals surface area (Å²) in [6.07, 6.45) is 1.62. The van der Waals surface area contributed by atoms with Crippen LogP contribution in [0.15, 0.2) is 54.0 Å². The molecule has 1 heterocycles. The molecule has 0 bridgehead atoms. The number of nitrogens with zero attached hydrogens (tertiary/aromatic N) is 2. The van der Waals surface area contributed by atoms with Gasteiger partial charge in [0.15, 0.2) is 0 Å². The number of nitriles is 1. The lowest BCUT2D eigenvalue weighted by molar-refractivity contribution is 0.405. The van der Waals surface area contributed by atoms with E-state index in [9.17, 15) is 5.26 Å². The van der Waals surface area contributed by atoms with Gasteiger partial charge in [0.05, 0.1) is 32.7 Å². The lowest BCUT2D eigenvalue weighted by Crippen LogP contribution is -1.96. The molecule has 2 aromatic carbocycles. The van der Waals surface area contributed by atoms with Crippen molar-refractivity contribution in [1.29, 1.82) is 5.26 Å². The van der Waals surface area contributed by atoms with Gasteiger partial charge in [-0.05, 0) is 24.3 Å². The Morgan fingerprint density at radius 2 is 1.86 bits per heavy atom. The predicted molar refractivity (Wildman–Crippen MR) is 111 cm³/mol. The third kappa shape index (κ3) is 4.24. The number of allylic oxidation sites excluding steroid dienone is 1. The van der Waals surface area contributed by atoms with Gasteiger partial charge in [0.25, 0.3) is 0 Å². The van der Waals surface area contributed by atoms with Crippen LogP contribution in [-0.2, 0) is 0 Å². The predicted octanol–water partition coefficient (Wildman–Crippen LogP) is 4.81. The molecule has 3 rings (SSSR count). The fraction of sp³-hybridized carbons (Fsp3) is 0.143. The van der Waals surface area contributed by atoms with E-state index in [1.165, 1.54) is 11.3 Å². The summed E-state index contributed by atoms with van der Waals surface area (Å²) in [5.74, 6) is 2.09. The normalized spacial score (nSPS) is 10.9. The van der Waals surface area contributed by atoms with Gasteiger partial charge < -0.3 is 19.5 Å². The first-order chi connectivity index (χ1) is 13.7. The van der Waals surface area contributed by atoms with Crippen molar-refractivity contribution in [2.45, 2.75) is 0 Å². The second-order valence-electron chi connectivity index (χ2n) is 5.65. The molecule has 0 aliphatic carbocycles. The van der Waals surface area contributed by atoms with E-state index in [0.29, 0.717) is 27.8 Å². The molecule has 0 atom stereocenters. The molecule has 0 fully saturated rings. The Labute approximate surface area is 167 Å². The first kappa shape index (κ1) is 19.3. The number of hydrogen-bond acceptors (Lipinski definition) is 7. The second-order valence-corrected chi connectivity index (χ2v) is 6.51. The standard InChI is InChI=1S/C21H19N3O3S/c1-25-16-6-4-5-14(9-16)19-13-28-21(24-19)15(11-22)12-23-18-10-17(26-2)7-8-20(18)27-3/h4-10,12-13,23H,1-3H3. The minimum Gasteiger partial charge on any atom is -0.497 e. The molecule has 3 aromatic rings. The number of aromatic nitrogens is 1. The zero-order valence-electron chi connectivity index (χ0n) is 15.7. The summed E-state index contributed by atoms with van der Waals surface area (Å²) in [5, 5.41) is 15.2. The SMILES string of the molecule is COc1cccc(-c2csc(C(C#N)=CNc3cc(OC)ccc3OC)n2)c1. The van der Waals surface area contributed by atoms with Gasteiger partial charge in [-0.3, -0.25) is 0 Å². The van der Waals surface area contributed by atoms with E-state index in [1.807, 2.05) is 29.6 Å². The Hall–Kier alpha value is -3.50. The van der Waals surface area contributed by atoms with Crippen LogP contribution in [0.5, 0.6) is 17.2 Å². The highest BCUT2D eigenvalue weighted by Gasteiger charge is 2.11. The summed E-state index contributed by atoms with van der Waals surface area (Å²) in [5.41, 5.74) is 2.84. The lowest BCUT2D eigenvalue weighted by atomic mass is 10.1. The second kappa shape index (κ2) is 8.93. The van der Waals surface area contributed by atoms with Gasteiger partial charge in [0, 0.05) is 23.2 Å². The van der Waals surface area contributed by atoms with Crippen molar-refractivity contribution >= 4 is 22.6 Å². The summed E-state index contributed by atoms with van der Waals surface area (Å²) in [4.78, 5) is 4.59. The summed E-state index contributed by atoms with van der Waals surface area (Å²) in [6.45, 7) is 0. The number of hydrogen-bond donors (Lipinski definition) is 1. The number of methoxy groups -OCH3 is 3. The van der Waals surface area contributed by atoms with Gasteiger partial charge in [-0.15, -0.1) is 11.3 Å². The smallest absolute Gasteiger partial charge is 0.142 e. The Morgan fingerprint density at radius 1 is 1.07 bits per heavy atom. The van der Waals surface area contributed by atoms with Gasteiger partial charge in [-0.2, -0.15) is 5.26 Å². The van der Waals surface area contributed by atoms with Crippen molar-refractivity contribution in [2.24, 2.45) is 0 Å². The summed E-state index contributed by atoms with van der Waals surface area (Å²) < 4.78 is 15.8. The van der Waals surface area contributed by atoms with Crippen molar-refractivity contribution in [2.75, 3.05) is 26.6 Å². The van der Waals surface area contributed by atoms with Crippen molar-refractivity contribution in [3.63, 3.8) is 0 Å². The fourth-order valence-corrected chi connectivity index (χ4v) is 3.33. The largest absolute Gasteiger partial charge is 0.497 e. The minimum absolute atomic E-state index is 0.420. The Morgan fingerprint density at radius 3 is 2.57 bits per heavy atom. The van der Waals surface area contributed by atoms with Crippen LogP contribution in [0.1, 0.15) is 5.01 Å². The highest BCUT2D eigenvalue weighted by atomic mass is 32.1. The molecular formula is C21H19N3O3S. The average molecular weight is 393 g/mol. The number of benzene rings is 2. The molecule has 6 nitrogen and oxygen atoms in total. The maximum atomic E-state index is 9.58. The van der Waals surface area contributed by atoms with Gasteiger partial charge in [-0.1, -0.05) is 12.1 Å². The molecule has 7 heteroatoms. The summed E-state index contributed by atoms with van der Waals surface area (Å²) >= 11 is 1.40. The molecule has 28 heavy (non-hydrogen) atoms. The topological polar surface area (TPSA) is 76.4 Å². The molecule has 0 radical (unpaired) electrons. The highest BCUT2D eigenvalue weighted by Crippen LogP contribution is 2.31. The monoisotopic (exact) mass is 393 g/mol. The van der Waals surface area contributed by atoms with E-state index in [-0.39, 0.29) is 0 Å². The molecule has 1 aromatic heterocycles. The fourth-order valence-electron chi connectivity index (χ4n) is 2.53. The van der Waals surface area contributed by atoms with E-state index in [0.717, 1.165) is 17.0 Å². The summed E-state index contributed by atoms with van der Waals surface area (Å²) in [6, 6.07) is 15.2. The van der Waals surface area contributed by atoms with E-state index in [4.69, 9.17) is 14.2 Å². The van der Waals surface area contributed by atoms with Gasteiger partial charge >= 0.3 is 0 Å². The molecule has 142 valence electrons. The van der Waals surface area contributed by atoms with Crippen LogP contribution in [0.2, 0.25) is 0 Å². The Kier molecular flexibility index (Phi) is 6.14. The maximum absolute atomic E-state index is 9.58. The molecular weight excluding hydrogens is 374 g/mol. The van der Waals surface area contributed by atoms with Crippen LogP contribution in [-0.4, -0.2) is 26.3 Å². The third-order valence-corrected chi connectivity index (χ3v) is 4.87. The molecule has 0 spiro atoms. The summed E-state index contributed by atoms with van der Waals surface area (Å²) in [7, 11) is 4.81. The third-order valence-electron chi connectivity index (χ3n) is 4.00. The number of anilines is 1. The van der Waals surface area contributed by atoms with Gasteiger partial charge in [-0.25, -0.2) is 4.98 Å². The zero-order chi connectivity index (χ0) is 19.9. The number of ether oxygens (including phenoxy) is 3. The molecule has 0 aliphatic rings. The van der Waals surface area contributed by atoms with Crippen LogP contribution in [0.25, 0.3) is 16.8 Å².